The number of fused-ring (bicyclic) bond motifs is 3. The van der Waals surface area contributed by atoms with E-state index in [4.69, 9.17) is 14.5 Å². The molecule has 2 heterocycles. The molecule has 49 heavy (non-hydrogen) atoms. The van der Waals surface area contributed by atoms with Crippen molar-refractivity contribution in [2.75, 3.05) is 13.2 Å². The molecule has 2 aliphatic rings. The van der Waals surface area contributed by atoms with Crippen LogP contribution in [0.4, 0.5) is 9.59 Å². The number of carbonyl (C=O) groups is 3. The first-order chi connectivity index (χ1) is 23.3. The monoisotopic (exact) mass is 680 g/mol. The number of amides is 3. The first kappa shape index (κ1) is 34.2. The third-order valence-corrected chi connectivity index (χ3v) is 9.85. The van der Waals surface area contributed by atoms with Crippen molar-refractivity contribution in [2.45, 2.75) is 77.6 Å². The van der Waals surface area contributed by atoms with Gasteiger partial charge in [0.25, 0.3) is 0 Å². The lowest BCUT2D eigenvalue weighted by Gasteiger charge is -2.35. The summed E-state index contributed by atoms with van der Waals surface area (Å²) < 4.78 is 11.4. The van der Waals surface area contributed by atoms with Crippen molar-refractivity contribution in [3.8, 4) is 22.4 Å². The van der Waals surface area contributed by atoms with E-state index in [0.717, 1.165) is 38.5 Å². The first-order valence-electron chi connectivity index (χ1n) is 16.7. The van der Waals surface area contributed by atoms with Crippen LogP contribution in [-0.2, 0) is 14.3 Å². The summed E-state index contributed by atoms with van der Waals surface area (Å²) in [7, 11) is 0. The van der Waals surface area contributed by atoms with Gasteiger partial charge in [0.05, 0.1) is 17.8 Å². The number of nitrogens with one attached hydrogen (secondary N) is 2. The van der Waals surface area contributed by atoms with Gasteiger partial charge in [-0.15, -0.1) is 11.3 Å². The molecule has 0 radical (unpaired) electrons. The van der Waals surface area contributed by atoms with Crippen LogP contribution in [0.15, 0.2) is 84.2 Å². The summed E-state index contributed by atoms with van der Waals surface area (Å²) in [6.07, 6.45) is -0.755. The number of thiazole rings is 1. The highest BCUT2D eigenvalue weighted by Crippen LogP contribution is 2.44. The number of likely N-dealkylation sites (tertiary alicyclic amines) is 1. The molecule has 0 saturated carbocycles. The van der Waals surface area contributed by atoms with Gasteiger partial charge in [-0.05, 0) is 54.9 Å². The average molecular weight is 681 g/mol. The Balaban J connectivity index is 1.21. The molecule has 1 aliphatic heterocycles. The van der Waals surface area contributed by atoms with E-state index in [2.05, 4.69) is 34.9 Å². The number of rotatable bonds is 7. The fourth-order valence-electron chi connectivity index (χ4n) is 6.65. The van der Waals surface area contributed by atoms with Crippen molar-refractivity contribution >= 4 is 29.4 Å². The lowest BCUT2D eigenvalue weighted by atomic mass is 9.85. The second kappa shape index (κ2) is 13.7. The SMILES string of the molecule is CC(C)(C)OC(=O)N[C@H](C(=O)N1C[C@@H](NC(=O)OCC2c3ccccc3-c3ccccc32)C[C@H]1c1nc(-c2ccccc2)cs1)C(C)(C)C. The minimum absolute atomic E-state index is 0.0641. The Morgan fingerprint density at radius 3 is 2.10 bits per heavy atom. The van der Waals surface area contributed by atoms with Crippen LogP contribution in [0.5, 0.6) is 0 Å². The van der Waals surface area contributed by atoms with E-state index in [0.29, 0.717) is 6.42 Å². The lowest BCUT2D eigenvalue weighted by Crippen LogP contribution is -2.55. The standard InChI is InChI=1S/C39H44N4O5S/c1-38(2,3)33(42-37(46)48-39(4,5)6)35(44)43-21-25(20-32(43)34-41-31(23-49-34)24-14-8-7-9-15-24)40-36(45)47-22-30-28-18-12-10-16-26(28)27-17-11-13-19-29(27)30/h7-19,23,25,30,32-33H,20-22H2,1-6H3,(H,40,45)(H,42,46)/t25-,32-,33+/m0/s1. The van der Waals surface area contributed by atoms with Crippen LogP contribution >= 0.6 is 11.3 Å². The van der Waals surface area contributed by atoms with Gasteiger partial charge in [0.2, 0.25) is 5.91 Å². The van der Waals surface area contributed by atoms with Gasteiger partial charge < -0.3 is 25.0 Å². The number of alkyl carbamates (subject to hydrolysis) is 2. The molecule has 1 saturated heterocycles. The topological polar surface area (TPSA) is 110 Å². The number of carbonyl (C=O) groups excluding carboxylic acids is 3. The summed E-state index contributed by atoms with van der Waals surface area (Å²) in [6.45, 7) is 11.5. The smallest absolute Gasteiger partial charge is 0.408 e. The van der Waals surface area contributed by atoms with Crippen molar-refractivity contribution in [2.24, 2.45) is 5.41 Å². The van der Waals surface area contributed by atoms with Crippen molar-refractivity contribution in [1.29, 1.82) is 0 Å². The van der Waals surface area contributed by atoms with Crippen LogP contribution in [0, 0.1) is 5.41 Å². The Bertz CT molecular complexity index is 1780. The molecule has 1 aliphatic carbocycles. The zero-order chi connectivity index (χ0) is 34.9. The molecule has 9 nitrogen and oxygen atoms in total. The number of ether oxygens (including phenoxy) is 2. The molecule has 3 aromatic carbocycles. The number of hydrogen-bond donors (Lipinski definition) is 2. The highest BCUT2D eigenvalue weighted by Gasteiger charge is 2.45. The Labute approximate surface area is 292 Å². The highest BCUT2D eigenvalue weighted by atomic mass is 32.1. The molecule has 1 fully saturated rings. The first-order valence-corrected chi connectivity index (χ1v) is 17.6. The molecule has 6 rings (SSSR count). The van der Waals surface area contributed by atoms with Crippen molar-refractivity contribution in [3.63, 3.8) is 0 Å². The van der Waals surface area contributed by atoms with Gasteiger partial charge in [-0.3, -0.25) is 4.79 Å². The van der Waals surface area contributed by atoms with E-state index in [1.807, 2.05) is 80.7 Å². The summed E-state index contributed by atoms with van der Waals surface area (Å²) in [6, 6.07) is 24.6. The molecule has 2 N–H and O–H groups in total. The van der Waals surface area contributed by atoms with Crippen LogP contribution in [0.25, 0.3) is 22.4 Å². The summed E-state index contributed by atoms with van der Waals surface area (Å²) in [4.78, 5) is 47.3. The Kier molecular flexibility index (Phi) is 9.53. The van der Waals surface area contributed by atoms with Gasteiger partial charge in [0.15, 0.2) is 0 Å². The van der Waals surface area contributed by atoms with Crippen LogP contribution in [0.1, 0.15) is 76.1 Å². The maximum atomic E-state index is 14.4. The molecule has 10 heteroatoms. The molecule has 256 valence electrons. The minimum Gasteiger partial charge on any atom is -0.449 e. The van der Waals surface area contributed by atoms with Gasteiger partial charge in [0.1, 0.15) is 23.3 Å². The van der Waals surface area contributed by atoms with Gasteiger partial charge in [0, 0.05) is 23.4 Å². The van der Waals surface area contributed by atoms with Crippen LogP contribution in [0.2, 0.25) is 0 Å². The molecule has 4 aromatic rings. The van der Waals surface area contributed by atoms with E-state index < -0.39 is 41.3 Å². The predicted molar refractivity (Wildman–Crippen MR) is 191 cm³/mol. The van der Waals surface area contributed by atoms with E-state index >= 15 is 0 Å². The van der Waals surface area contributed by atoms with Gasteiger partial charge in [-0.1, -0.05) is 99.6 Å². The zero-order valence-corrected chi connectivity index (χ0v) is 29.7. The molecule has 1 aromatic heterocycles. The molecule has 0 bridgehead atoms. The average Bonchev–Trinajstić information content (AvgIpc) is 3.78. The number of aromatic nitrogens is 1. The van der Waals surface area contributed by atoms with E-state index in [1.54, 1.807) is 25.7 Å². The summed E-state index contributed by atoms with van der Waals surface area (Å²) in [5.41, 5.74) is 5.04. The van der Waals surface area contributed by atoms with E-state index in [1.165, 1.54) is 11.3 Å². The fraction of sp³-hybridized carbons (Fsp3) is 0.385. The maximum absolute atomic E-state index is 14.4. The normalized spacial score (nSPS) is 18.0. The molecule has 0 spiro atoms. The van der Waals surface area contributed by atoms with Crippen molar-refractivity contribution in [3.05, 3.63) is 100 Å². The Morgan fingerprint density at radius 1 is 0.878 bits per heavy atom. The zero-order valence-electron chi connectivity index (χ0n) is 28.9. The number of benzene rings is 3. The van der Waals surface area contributed by atoms with Crippen LogP contribution in [-0.4, -0.2) is 58.8 Å². The van der Waals surface area contributed by atoms with Crippen LogP contribution in [0.3, 0.4) is 0 Å². The summed E-state index contributed by atoms with van der Waals surface area (Å²) in [5, 5.41) is 8.61. The molecule has 3 atom stereocenters. The molecular formula is C39H44N4O5S. The third-order valence-electron chi connectivity index (χ3n) is 8.90. The van der Waals surface area contributed by atoms with E-state index in [9.17, 15) is 14.4 Å². The fourth-order valence-corrected chi connectivity index (χ4v) is 7.60. The second-order valence-electron chi connectivity index (χ2n) is 14.8. The third kappa shape index (κ3) is 7.64. The number of hydrogen-bond acceptors (Lipinski definition) is 7. The minimum atomic E-state index is -0.883. The van der Waals surface area contributed by atoms with Gasteiger partial charge >= 0.3 is 12.2 Å². The predicted octanol–water partition coefficient (Wildman–Crippen LogP) is 7.93. The Morgan fingerprint density at radius 2 is 1.49 bits per heavy atom. The lowest BCUT2D eigenvalue weighted by molar-refractivity contribution is -0.137. The van der Waals surface area contributed by atoms with E-state index in [-0.39, 0.29) is 25.0 Å². The Hall–Kier alpha value is -4.70. The highest BCUT2D eigenvalue weighted by molar-refractivity contribution is 7.10. The maximum Gasteiger partial charge on any atom is 0.408 e. The summed E-state index contributed by atoms with van der Waals surface area (Å²) >= 11 is 1.48. The summed E-state index contributed by atoms with van der Waals surface area (Å²) in [5.74, 6) is -0.331. The van der Waals surface area contributed by atoms with Crippen molar-refractivity contribution in [1.82, 2.24) is 20.5 Å². The van der Waals surface area contributed by atoms with Gasteiger partial charge in [-0.2, -0.15) is 0 Å². The molecule has 3 amide bonds. The van der Waals surface area contributed by atoms with Crippen LogP contribution < -0.4 is 10.6 Å². The largest absolute Gasteiger partial charge is 0.449 e. The van der Waals surface area contributed by atoms with Crippen molar-refractivity contribution < 1.29 is 23.9 Å². The molecule has 0 unspecified atom stereocenters. The number of nitrogens with zero attached hydrogens (tertiary/aromatic N) is 2. The second-order valence-corrected chi connectivity index (χ2v) is 15.7. The quantitative estimate of drug-likeness (QED) is 0.205. The molecular weight excluding hydrogens is 637 g/mol. The van der Waals surface area contributed by atoms with Gasteiger partial charge in [-0.25, -0.2) is 14.6 Å².